The standard InChI is InChI=1S/C24H22N8O2S/c1-3-18(33)31-10-4-5-17(12-31)32-22-19(21(25)27-13-28-22)20(30-32)15-6-8-16(9-7-15)23(34)29-24-26-11-14(2)35-24/h1,6-9,11,13,17H,4-5,10,12H2,2H3,(H2,25,27,28)(H,26,29,34). The molecule has 0 aliphatic carbocycles. The van der Waals surface area contributed by atoms with Gasteiger partial charge in [-0.1, -0.05) is 12.1 Å². The molecule has 35 heavy (non-hydrogen) atoms. The van der Waals surface area contributed by atoms with E-state index in [1.807, 2.05) is 23.7 Å². The number of rotatable bonds is 4. The molecule has 1 saturated heterocycles. The number of likely N-dealkylation sites (tertiary alicyclic amines) is 1. The minimum Gasteiger partial charge on any atom is -0.383 e. The second kappa shape index (κ2) is 9.15. The number of piperidine rings is 1. The van der Waals surface area contributed by atoms with Gasteiger partial charge in [-0.3, -0.25) is 14.9 Å². The normalized spacial score (nSPS) is 15.7. The number of terminal acetylenes is 1. The zero-order chi connectivity index (χ0) is 24.5. The number of carbonyl (C=O) groups excluding carboxylic acids is 2. The fourth-order valence-electron chi connectivity index (χ4n) is 4.24. The quantitative estimate of drug-likeness (QED) is 0.424. The third-order valence-corrected chi connectivity index (χ3v) is 6.76. The summed E-state index contributed by atoms with van der Waals surface area (Å²) >= 11 is 1.41. The first-order valence-corrected chi connectivity index (χ1v) is 11.8. The van der Waals surface area contributed by atoms with Crippen molar-refractivity contribution in [2.75, 3.05) is 24.1 Å². The topological polar surface area (TPSA) is 132 Å². The van der Waals surface area contributed by atoms with Crippen molar-refractivity contribution in [2.45, 2.75) is 25.8 Å². The molecule has 4 aromatic rings. The Hall–Kier alpha value is -4.30. The van der Waals surface area contributed by atoms with Gasteiger partial charge in [-0.15, -0.1) is 17.8 Å². The lowest BCUT2D eigenvalue weighted by atomic mass is 10.1. The van der Waals surface area contributed by atoms with E-state index in [0.717, 1.165) is 23.3 Å². The van der Waals surface area contributed by atoms with Crippen LogP contribution in [-0.4, -0.2) is 54.5 Å². The van der Waals surface area contributed by atoms with E-state index in [4.69, 9.17) is 17.3 Å². The molecule has 0 radical (unpaired) electrons. The van der Waals surface area contributed by atoms with Crippen LogP contribution in [0, 0.1) is 19.3 Å². The molecule has 1 aliphatic rings. The van der Waals surface area contributed by atoms with E-state index >= 15 is 0 Å². The number of fused-ring (bicyclic) bond motifs is 1. The van der Waals surface area contributed by atoms with Gasteiger partial charge in [0, 0.05) is 35.3 Å². The highest BCUT2D eigenvalue weighted by atomic mass is 32.1. The summed E-state index contributed by atoms with van der Waals surface area (Å²) in [5.74, 6) is 1.92. The Balaban J connectivity index is 1.47. The van der Waals surface area contributed by atoms with E-state index in [2.05, 4.69) is 26.2 Å². The number of nitrogen functional groups attached to an aromatic ring is 1. The molecule has 3 N–H and O–H groups in total. The smallest absolute Gasteiger partial charge is 0.298 e. The van der Waals surface area contributed by atoms with Gasteiger partial charge in [-0.05, 0) is 37.8 Å². The lowest BCUT2D eigenvalue weighted by Gasteiger charge is -2.31. The van der Waals surface area contributed by atoms with Gasteiger partial charge in [-0.2, -0.15) is 5.10 Å². The first-order valence-electron chi connectivity index (χ1n) is 11.0. The molecule has 176 valence electrons. The fraction of sp³-hybridized carbons (Fsp3) is 0.250. The number of nitrogens with two attached hydrogens (primary N) is 1. The zero-order valence-corrected chi connectivity index (χ0v) is 19.7. The monoisotopic (exact) mass is 486 g/mol. The van der Waals surface area contributed by atoms with Gasteiger partial charge >= 0.3 is 0 Å². The maximum absolute atomic E-state index is 12.6. The van der Waals surface area contributed by atoms with Crippen molar-refractivity contribution >= 4 is 45.1 Å². The Kier molecular flexibility index (Phi) is 5.88. The highest BCUT2D eigenvalue weighted by molar-refractivity contribution is 7.15. The molecule has 0 bridgehead atoms. The van der Waals surface area contributed by atoms with Crippen molar-refractivity contribution in [1.29, 1.82) is 0 Å². The van der Waals surface area contributed by atoms with Crippen molar-refractivity contribution in [1.82, 2.24) is 29.6 Å². The minimum atomic E-state index is -0.331. The van der Waals surface area contributed by atoms with Gasteiger partial charge in [0.1, 0.15) is 17.8 Å². The van der Waals surface area contributed by atoms with Gasteiger partial charge in [0.2, 0.25) is 0 Å². The Morgan fingerprint density at radius 1 is 1.23 bits per heavy atom. The lowest BCUT2D eigenvalue weighted by molar-refractivity contribution is -0.126. The molecule has 1 fully saturated rings. The number of amides is 2. The first kappa shape index (κ1) is 22.5. The molecule has 10 nitrogen and oxygen atoms in total. The zero-order valence-electron chi connectivity index (χ0n) is 18.9. The number of aryl methyl sites for hydroxylation is 1. The maximum atomic E-state index is 12.6. The molecule has 1 aromatic carbocycles. The van der Waals surface area contributed by atoms with E-state index < -0.39 is 0 Å². The van der Waals surface area contributed by atoms with Crippen molar-refractivity contribution < 1.29 is 9.59 Å². The average molecular weight is 487 g/mol. The van der Waals surface area contributed by atoms with Gasteiger partial charge in [0.25, 0.3) is 11.8 Å². The Labute approximate surface area is 205 Å². The SMILES string of the molecule is C#CC(=O)N1CCCC(n2nc(-c3ccc(C(=O)Nc4ncc(C)s4)cc3)c3c(N)ncnc32)C1. The summed E-state index contributed by atoms with van der Waals surface area (Å²) in [6.07, 6.45) is 10.1. The average Bonchev–Trinajstić information content (AvgIpc) is 3.47. The van der Waals surface area contributed by atoms with Crippen LogP contribution in [0.25, 0.3) is 22.3 Å². The van der Waals surface area contributed by atoms with Crippen LogP contribution in [0.1, 0.15) is 34.1 Å². The van der Waals surface area contributed by atoms with Gasteiger partial charge in [-0.25, -0.2) is 19.6 Å². The number of hydrogen-bond donors (Lipinski definition) is 2. The van der Waals surface area contributed by atoms with Crippen molar-refractivity contribution in [3.8, 4) is 23.6 Å². The highest BCUT2D eigenvalue weighted by Crippen LogP contribution is 2.34. The third kappa shape index (κ3) is 4.31. The second-order valence-electron chi connectivity index (χ2n) is 8.25. The molecule has 11 heteroatoms. The number of anilines is 2. The number of hydrogen-bond acceptors (Lipinski definition) is 8. The van der Waals surface area contributed by atoms with Crippen LogP contribution in [0.3, 0.4) is 0 Å². The molecule has 2 amide bonds. The number of aromatic nitrogens is 5. The highest BCUT2D eigenvalue weighted by Gasteiger charge is 2.28. The van der Waals surface area contributed by atoms with Gasteiger partial charge in [0.05, 0.1) is 11.4 Å². The van der Waals surface area contributed by atoms with Crippen LogP contribution < -0.4 is 11.1 Å². The molecule has 1 atom stereocenters. The fourth-order valence-corrected chi connectivity index (χ4v) is 4.90. The van der Waals surface area contributed by atoms with Crippen molar-refractivity contribution in [3.05, 3.63) is 47.2 Å². The van der Waals surface area contributed by atoms with Crippen LogP contribution in [0.2, 0.25) is 0 Å². The Bertz CT molecular complexity index is 1470. The predicted molar refractivity (Wildman–Crippen MR) is 134 cm³/mol. The molecule has 4 heterocycles. The predicted octanol–water partition coefficient (Wildman–Crippen LogP) is 2.89. The number of carbonyl (C=O) groups is 2. The number of nitrogens with zero attached hydrogens (tertiary/aromatic N) is 6. The summed E-state index contributed by atoms with van der Waals surface area (Å²) in [6.45, 7) is 2.99. The molecule has 3 aromatic heterocycles. The Morgan fingerprint density at radius 2 is 2.03 bits per heavy atom. The van der Waals surface area contributed by atoms with E-state index in [1.54, 1.807) is 23.2 Å². The molecule has 1 unspecified atom stereocenters. The largest absolute Gasteiger partial charge is 0.383 e. The van der Waals surface area contributed by atoms with Crippen LogP contribution >= 0.6 is 11.3 Å². The van der Waals surface area contributed by atoms with Gasteiger partial charge < -0.3 is 10.6 Å². The summed E-state index contributed by atoms with van der Waals surface area (Å²) in [5, 5.41) is 8.83. The van der Waals surface area contributed by atoms with Crippen molar-refractivity contribution in [2.24, 2.45) is 0 Å². The van der Waals surface area contributed by atoms with Crippen LogP contribution in [-0.2, 0) is 4.79 Å². The van der Waals surface area contributed by atoms with Gasteiger partial charge in [0.15, 0.2) is 10.8 Å². The molecular formula is C24H22N8O2S. The van der Waals surface area contributed by atoms with E-state index in [1.165, 1.54) is 17.7 Å². The van der Waals surface area contributed by atoms with Crippen molar-refractivity contribution in [3.63, 3.8) is 0 Å². The van der Waals surface area contributed by atoms with E-state index in [-0.39, 0.29) is 17.9 Å². The van der Waals surface area contributed by atoms with E-state index in [9.17, 15) is 9.59 Å². The minimum absolute atomic E-state index is 0.0987. The number of nitrogens with one attached hydrogen (secondary N) is 1. The van der Waals surface area contributed by atoms with Crippen LogP contribution in [0.5, 0.6) is 0 Å². The summed E-state index contributed by atoms with van der Waals surface area (Å²) in [5.41, 5.74) is 8.70. The van der Waals surface area contributed by atoms with Crippen LogP contribution in [0.15, 0.2) is 36.8 Å². The number of thiazole rings is 1. The third-order valence-electron chi connectivity index (χ3n) is 5.93. The molecule has 0 saturated carbocycles. The molecule has 0 spiro atoms. The maximum Gasteiger partial charge on any atom is 0.298 e. The molecular weight excluding hydrogens is 464 g/mol. The summed E-state index contributed by atoms with van der Waals surface area (Å²) < 4.78 is 1.81. The second-order valence-corrected chi connectivity index (χ2v) is 9.48. The summed E-state index contributed by atoms with van der Waals surface area (Å²) in [6, 6.07) is 6.98. The molecule has 5 rings (SSSR count). The first-order chi connectivity index (χ1) is 16.9. The summed E-state index contributed by atoms with van der Waals surface area (Å²) in [7, 11) is 0. The van der Waals surface area contributed by atoms with Crippen LogP contribution in [0.4, 0.5) is 10.9 Å². The molecule has 1 aliphatic heterocycles. The van der Waals surface area contributed by atoms with E-state index in [0.29, 0.717) is 46.3 Å². The summed E-state index contributed by atoms with van der Waals surface area (Å²) in [4.78, 5) is 40.1. The Morgan fingerprint density at radius 3 is 2.74 bits per heavy atom. The lowest BCUT2D eigenvalue weighted by Crippen LogP contribution is -2.40. The number of benzene rings is 1.